The van der Waals surface area contributed by atoms with Gasteiger partial charge in [0.2, 0.25) is 0 Å². The molecule has 0 saturated carbocycles. The second-order valence-corrected chi connectivity index (χ2v) is 3.07. The van der Waals surface area contributed by atoms with Gasteiger partial charge in [-0.3, -0.25) is 4.79 Å². The Hall–Kier alpha value is -1.84. The van der Waals surface area contributed by atoms with Gasteiger partial charge in [0.25, 0.3) is 0 Å². The fourth-order valence-electron chi connectivity index (χ4n) is 1.01. The first-order valence-electron chi connectivity index (χ1n) is 5.38. The SMILES string of the molecule is CCCCCCC(=O)OCCN=[N+]=[N-].O=C=O. The first-order valence-corrected chi connectivity index (χ1v) is 5.38. The highest BCUT2D eigenvalue weighted by molar-refractivity contribution is 5.69. The lowest BCUT2D eigenvalue weighted by Gasteiger charge is -2.01. The lowest BCUT2D eigenvalue weighted by Crippen LogP contribution is -2.07. The van der Waals surface area contributed by atoms with Crippen LogP contribution >= 0.6 is 0 Å². The predicted octanol–water partition coefficient (Wildman–Crippen LogP) is 2.23. The molecule has 0 aliphatic rings. The molecule has 0 heterocycles. The quantitative estimate of drug-likeness (QED) is 0.214. The van der Waals surface area contributed by atoms with Gasteiger partial charge in [-0.1, -0.05) is 31.3 Å². The number of nitrogens with zero attached hydrogens (tertiary/aromatic N) is 3. The molecular weight excluding hydrogens is 226 g/mol. The molecule has 0 N–H and O–H groups in total. The minimum Gasteiger partial charge on any atom is -0.466 e. The van der Waals surface area contributed by atoms with E-state index >= 15 is 0 Å². The second kappa shape index (κ2) is 16.6. The summed E-state index contributed by atoms with van der Waals surface area (Å²) in [7, 11) is 0. The summed E-state index contributed by atoms with van der Waals surface area (Å²) < 4.78 is 4.82. The minimum atomic E-state index is -0.200. The van der Waals surface area contributed by atoms with Crippen LogP contribution < -0.4 is 0 Å². The summed E-state index contributed by atoms with van der Waals surface area (Å²) >= 11 is 0. The lowest BCUT2D eigenvalue weighted by molar-refractivity contribution is -0.191. The number of rotatable bonds is 8. The first-order chi connectivity index (χ1) is 8.22. The van der Waals surface area contributed by atoms with E-state index in [2.05, 4.69) is 16.9 Å². The fourth-order valence-corrected chi connectivity index (χ4v) is 1.01. The van der Waals surface area contributed by atoms with Gasteiger partial charge in [0.1, 0.15) is 0 Å². The Morgan fingerprint density at radius 2 is 2.00 bits per heavy atom. The number of carbonyl (C=O) groups excluding carboxylic acids is 3. The van der Waals surface area contributed by atoms with Crippen molar-refractivity contribution in [2.75, 3.05) is 13.2 Å². The summed E-state index contributed by atoms with van der Waals surface area (Å²) in [4.78, 5) is 29.8. The molecule has 96 valence electrons. The molecule has 0 bridgehead atoms. The molecular formula is C10H17N3O4. The van der Waals surface area contributed by atoms with Crippen LogP contribution in [-0.4, -0.2) is 25.3 Å². The average molecular weight is 243 g/mol. The van der Waals surface area contributed by atoms with Crippen molar-refractivity contribution >= 4 is 12.1 Å². The summed E-state index contributed by atoms with van der Waals surface area (Å²) in [5.74, 6) is -0.200. The molecule has 0 saturated heterocycles. The molecule has 0 aromatic heterocycles. The maximum atomic E-state index is 11.0. The fraction of sp³-hybridized carbons (Fsp3) is 0.800. The summed E-state index contributed by atoms with van der Waals surface area (Å²) in [5, 5.41) is 3.26. The Bertz CT molecular complexity index is 269. The highest BCUT2D eigenvalue weighted by atomic mass is 16.5. The van der Waals surface area contributed by atoms with Crippen LogP contribution in [0.15, 0.2) is 5.11 Å². The molecule has 7 nitrogen and oxygen atoms in total. The average Bonchev–Trinajstić information content (AvgIpc) is 2.31. The Balaban J connectivity index is 0. The van der Waals surface area contributed by atoms with E-state index in [-0.39, 0.29) is 25.3 Å². The van der Waals surface area contributed by atoms with Gasteiger partial charge in [0, 0.05) is 11.3 Å². The van der Waals surface area contributed by atoms with E-state index in [1.54, 1.807) is 0 Å². The third-order valence-electron chi connectivity index (χ3n) is 1.75. The van der Waals surface area contributed by atoms with Gasteiger partial charge in [-0.25, -0.2) is 0 Å². The monoisotopic (exact) mass is 243 g/mol. The van der Waals surface area contributed by atoms with Crippen LogP contribution in [0.1, 0.15) is 39.0 Å². The van der Waals surface area contributed by atoms with Crippen LogP contribution in [0, 0.1) is 0 Å². The Labute approximate surface area is 99.8 Å². The van der Waals surface area contributed by atoms with E-state index in [0.717, 1.165) is 25.7 Å². The normalized spacial score (nSPS) is 8.06. The summed E-state index contributed by atoms with van der Waals surface area (Å²) in [6.45, 7) is 2.53. The smallest absolute Gasteiger partial charge is 0.373 e. The number of azide groups is 1. The van der Waals surface area contributed by atoms with Gasteiger partial charge in [0.15, 0.2) is 0 Å². The largest absolute Gasteiger partial charge is 0.466 e. The maximum Gasteiger partial charge on any atom is 0.373 e. The van der Waals surface area contributed by atoms with Crippen molar-refractivity contribution < 1.29 is 19.1 Å². The molecule has 0 aliphatic carbocycles. The predicted molar refractivity (Wildman–Crippen MR) is 58.7 cm³/mol. The molecule has 0 aromatic rings. The van der Waals surface area contributed by atoms with Gasteiger partial charge >= 0.3 is 12.1 Å². The number of unbranched alkanes of at least 4 members (excludes halogenated alkanes) is 3. The molecule has 0 spiro atoms. The topological polar surface area (TPSA) is 109 Å². The zero-order valence-corrected chi connectivity index (χ0v) is 9.92. The molecule has 0 atom stereocenters. The van der Waals surface area contributed by atoms with E-state index in [1.807, 2.05) is 0 Å². The summed E-state index contributed by atoms with van der Waals surface area (Å²) in [5.41, 5.74) is 7.95. The van der Waals surface area contributed by atoms with Gasteiger partial charge in [-0.15, -0.1) is 0 Å². The van der Waals surface area contributed by atoms with Crippen LogP contribution in [0.2, 0.25) is 0 Å². The number of hydrogen-bond acceptors (Lipinski definition) is 5. The number of ether oxygens (including phenoxy) is 1. The Kier molecular flexibility index (Phi) is 17.1. The third kappa shape index (κ3) is 20.3. The number of esters is 1. The van der Waals surface area contributed by atoms with Crippen LogP contribution in [-0.2, 0) is 19.1 Å². The van der Waals surface area contributed by atoms with Crippen molar-refractivity contribution in [3.8, 4) is 0 Å². The molecule has 0 rings (SSSR count). The van der Waals surface area contributed by atoms with Crippen molar-refractivity contribution in [1.29, 1.82) is 0 Å². The minimum absolute atomic E-state index is 0.191. The van der Waals surface area contributed by atoms with Gasteiger partial charge in [0.05, 0.1) is 13.2 Å². The van der Waals surface area contributed by atoms with E-state index in [4.69, 9.17) is 19.9 Å². The molecule has 7 heteroatoms. The number of hydrogen-bond donors (Lipinski definition) is 0. The first kappa shape index (κ1) is 17.6. The van der Waals surface area contributed by atoms with Gasteiger partial charge in [-0.2, -0.15) is 9.59 Å². The van der Waals surface area contributed by atoms with Crippen molar-refractivity contribution in [3.05, 3.63) is 10.4 Å². The second-order valence-electron chi connectivity index (χ2n) is 3.07. The number of carbonyl (C=O) groups is 1. The van der Waals surface area contributed by atoms with Gasteiger partial charge in [-0.05, 0) is 12.0 Å². The molecule has 0 radical (unpaired) electrons. The van der Waals surface area contributed by atoms with E-state index in [1.165, 1.54) is 0 Å². The van der Waals surface area contributed by atoms with E-state index in [0.29, 0.717) is 6.42 Å². The standard InChI is InChI=1S/C9H17N3O2.CO2/c1-2-3-4-5-6-9(13)14-8-7-11-12-10;2-1-3/h2-8H2,1H3;. The van der Waals surface area contributed by atoms with Crippen molar-refractivity contribution in [1.82, 2.24) is 0 Å². The molecule has 0 fully saturated rings. The van der Waals surface area contributed by atoms with Crippen molar-refractivity contribution in [2.24, 2.45) is 5.11 Å². The molecule has 0 aromatic carbocycles. The van der Waals surface area contributed by atoms with Crippen molar-refractivity contribution in [2.45, 2.75) is 39.0 Å². The van der Waals surface area contributed by atoms with Crippen LogP contribution in [0.4, 0.5) is 0 Å². The zero-order valence-electron chi connectivity index (χ0n) is 9.92. The van der Waals surface area contributed by atoms with Crippen LogP contribution in [0.25, 0.3) is 10.4 Å². The van der Waals surface area contributed by atoms with Crippen LogP contribution in [0.5, 0.6) is 0 Å². The molecule has 0 unspecified atom stereocenters. The van der Waals surface area contributed by atoms with Crippen LogP contribution in [0.3, 0.4) is 0 Å². The maximum absolute atomic E-state index is 11.0. The van der Waals surface area contributed by atoms with E-state index in [9.17, 15) is 4.79 Å². The Morgan fingerprint density at radius 3 is 2.53 bits per heavy atom. The molecule has 17 heavy (non-hydrogen) atoms. The molecule has 0 aliphatic heterocycles. The summed E-state index contributed by atoms with van der Waals surface area (Å²) in [6.07, 6.45) is 4.99. The molecule has 0 amide bonds. The third-order valence-corrected chi connectivity index (χ3v) is 1.75. The zero-order chi connectivity index (χ0) is 13.4. The highest BCUT2D eigenvalue weighted by Crippen LogP contribution is 2.03. The lowest BCUT2D eigenvalue weighted by atomic mass is 10.2. The highest BCUT2D eigenvalue weighted by Gasteiger charge is 2.00. The Morgan fingerprint density at radius 1 is 1.35 bits per heavy atom. The van der Waals surface area contributed by atoms with Gasteiger partial charge < -0.3 is 4.74 Å². The summed E-state index contributed by atoms with van der Waals surface area (Å²) in [6, 6.07) is 0. The van der Waals surface area contributed by atoms with Crippen molar-refractivity contribution in [3.63, 3.8) is 0 Å². The van der Waals surface area contributed by atoms with E-state index < -0.39 is 0 Å².